The third kappa shape index (κ3) is 6.25. The number of aliphatic imine (C=N–C) groups is 1. The second kappa shape index (κ2) is 11.9. The number of carbonyl (C=O) groups excluding carboxylic acids is 1. The Morgan fingerprint density at radius 3 is 2.52 bits per heavy atom. The highest BCUT2D eigenvalue weighted by Gasteiger charge is 2.31. The highest BCUT2D eigenvalue weighted by atomic mass is 127. The molecule has 0 bridgehead atoms. The monoisotopic (exact) mass is 541 g/mol. The van der Waals surface area contributed by atoms with Gasteiger partial charge in [-0.15, -0.1) is 24.0 Å². The summed E-state index contributed by atoms with van der Waals surface area (Å²) in [6, 6.07) is 10.7. The van der Waals surface area contributed by atoms with E-state index in [-0.39, 0.29) is 36.0 Å². The number of benzene rings is 1. The smallest absolute Gasteiger partial charge is 0.251 e. The second-order valence-electron chi connectivity index (χ2n) is 8.44. The number of nitrogens with zero attached hydrogens (tertiary/aromatic N) is 4. The van der Waals surface area contributed by atoms with Gasteiger partial charge >= 0.3 is 0 Å². The summed E-state index contributed by atoms with van der Waals surface area (Å²) in [4.78, 5) is 24.3. The maximum Gasteiger partial charge on any atom is 0.251 e. The summed E-state index contributed by atoms with van der Waals surface area (Å²) in [6.07, 6.45) is 2.83. The first-order valence-corrected chi connectivity index (χ1v) is 11.5. The normalized spacial score (nSPS) is 24.3. The van der Waals surface area contributed by atoms with Crippen molar-refractivity contribution in [2.24, 2.45) is 10.9 Å². The zero-order chi connectivity index (χ0) is 20.8. The Kier molecular flexibility index (Phi) is 9.25. The van der Waals surface area contributed by atoms with Crippen molar-refractivity contribution in [2.75, 3.05) is 63.9 Å². The Bertz CT molecular complexity index is 718. The van der Waals surface area contributed by atoms with Crippen LogP contribution in [0.2, 0.25) is 0 Å². The minimum absolute atomic E-state index is 0. The number of guanidine groups is 1. The topological polar surface area (TPSA) is 60.4 Å². The van der Waals surface area contributed by atoms with Crippen LogP contribution in [0.3, 0.4) is 0 Å². The van der Waals surface area contributed by atoms with Crippen LogP contribution < -0.4 is 10.2 Å². The summed E-state index contributed by atoms with van der Waals surface area (Å²) in [5.74, 6) is 1.74. The van der Waals surface area contributed by atoms with Gasteiger partial charge in [-0.2, -0.15) is 0 Å². The first kappa shape index (κ1) is 24.1. The molecule has 0 spiro atoms. The molecule has 1 N–H and O–H groups in total. The van der Waals surface area contributed by atoms with Crippen molar-refractivity contribution in [2.45, 2.75) is 32.3 Å². The molecular formula is C23H36IN5O2. The van der Waals surface area contributed by atoms with Gasteiger partial charge in [0.25, 0.3) is 5.91 Å². The summed E-state index contributed by atoms with van der Waals surface area (Å²) >= 11 is 0. The molecule has 4 rings (SSSR count). The Balaban J connectivity index is 0.00000272. The average molecular weight is 541 g/mol. The van der Waals surface area contributed by atoms with Crippen LogP contribution in [0, 0.1) is 5.92 Å². The van der Waals surface area contributed by atoms with Gasteiger partial charge in [0.15, 0.2) is 5.96 Å². The van der Waals surface area contributed by atoms with E-state index >= 15 is 0 Å². The number of rotatable bonds is 5. The number of hydrogen-bond donors (Lipinski definition) is 1. The van der Waals surface area contributed by atoms with Gasteiger partial charge in [0.05, 0.1) is 0 Å². The van der Waals surface area contributed by atoms with E-state index < -0.39 is 0 Å². The second-order valence-corrected chi connectivity index (χ2v) is 8.44. The molecule has 1 amide bonds. The van der Waals surface area contributed by atoms with E-state index in [0.29, 0.717) is 5.92 Å². The lowest BCUT2D eigenvalue weighted by Gasteiger charge is -2.37. The van der Waals surface area contributed by atoms with Crippen LogP contribution in [-0.2, 0) is 9.53 Å². The van der Waals surface area contributed by atoms with E-state index in [1.54, 1.807) is 0 Å². The predicted molar refractivity (Wildman–Crippen MR) is 135 cm³/mol. The minimum atomic E-state index is -0.214. The van der Waals surface area contributed by atoms with E-state index in [4.69, 9.17) is 9.73 Å². The molecule has 3 saturated heterocycles. The fourth-order valence-electron chi connectivity index (χ4n) is 4.61. The number of anilines is 1. The highest BCUT2D eigenvalue weighted by Crippen LogP contribution is 2.23. The van der Waals surface area contributed by atoms with Gasteiger partial charge < -0.3 is 24.8 Å². The summed E-state index contributed by atoms with van der Waals surface area (Å²) < 4.78 is 5.57. The molecule has 7 nitrogen and oxygen atoms in total. The number of para-hydroxylation sites is 1. The Hall–Kier alpha value is -1.55. The van der Waals surface area contributed by atoms with E-state index in [2.05, 4.69) is 52.4 Å². The van der Waals surface area contributed by atoms with Gasteiger partial charge in [0.2, 0.25) is 0 Å². The van der Waals surface area contributed by atoms with E-state index in [0.717, 1.165) is 77.8 Å². The summed E-state index contributed by atoms with van der Waals surface area (Å²) in [5.41, 5.74) is 1.31. The van der Waals surface area contributed by atoms with Gasteiger partial charge in [-0.25, -0.2) is 0 Å². The van der Waals surface area contributed by atoms with Gasteiger partial charge in [0.1, 0.15) is 6.10 Å². The molecule has 0 aliphatic carbocycles. The van der Waals surface area contributed by atoms with E-state index in [1.807, 2.05) is 4.90 Å². The summed E-state index contributed by atoms with van der Waals surface area (Å²) in [5, 5.41) is 3.45. The van der Waals surface area contributed by atoms with Gasteiger partial charge in [0, 0.05) is 64.7 Å². The maximum atomic E-state index is 12.6. The molecule has 8 heteroatoms. The number of hydrogen-bond acceptors (Lipinski definition) is 4. The van der Waals surface area contributed by atoms with Crippen molar-refractivity contribution in [3.8, 4) is 0 Å². The molecule has 1 aromatic rings. The van der Waals surface area contributed by atoms with Crippen LogP contribution >= 0.6 is 24.0 Å². The first-order chi connectivity index (χ1) is 14.7. The molecule has 0 radical (unpaired) electrons. The Morgan fingerprint density at radius 1 is 1.10 bits per heavy atom. The van der Waals surface area contributed by atoms with Crippen LogP contribution in [-0.4, -0.2) is 86.7 Å². The highest BCUT2D eigenvalue weighted by molar-refractivity contribution is 14.0. The number of nitrogens with one attached hydrogen (secondary N) is 1. The molecule has 1 aromatic carbocycles. The standard InChI is InChI=1S/C23H35N5O2.HI/c1-2-24-23(25-17-19-10-11-28(18-19)20-7-4-3-5-8-20)27-14-12-26(13-15-27)22(29)21-9-6-16-30-21;/h3-5,7-8,19,21H,2,6,9-18H2,1H3,(H,24,25);1H. The molecule has 172 valence electrons. The molecule has 0 aromatic heterocycles. The molecule has 3 aliphatic heterocycles. The largest absolute Gasteiger partial charge is 0.371 e. The van der Waals surface area contributed by atoms with Crippen LogP contribution in [0.25, 0.3) is 0 Å². The lowest BCUT2D eigenvalue weighted by atomic mass is 10.1. The van der Waals surface area contributed by atoms with Crippen LogP contribution in [0.4, 0.5) is 5.69 Å². The third-order valence-electron chi connectivity index (χ3n) is 6.34. The van der Waals surface area contributed by atoms with Crippen LogP contribution in [0.1, 0.15) is 26.2 Å². The quantitative estimate of drug-likeness (QED) is 0.353. The molecular weight excluding hydrogens is 505 g/mol. The van der Waals surface area contributed by atoms with Gasteiger partial charge in [-0.1, -0.05) is 18.2 Å². The third-order valence-corrected chi connectivity index (χ3v) is 6.34. The molecule has 2 unspecified atom stereocenters. The van der Waals surface area contributed by atoms with E-state index in [1.165, 1.54) is 12.1 Å². The molecule has 0 saturated carbocycles. The molecule has 3 heterocycles. The van der Waals surface area contributed by atoms with E-state index in [9.17, 15) is 4.79 Å². The van der Waals surface area contributed by atoms with Crippen molar-refractivity contribution < 1.29 is 9.53 Å². The fourth-order valence-corrected chi connectivity index (χ4v) is 4.61. The number of piperazine rings is 1. The predicted octanol–water partition coefficient (Wildman–Crippen LogP) is 2.42. The Morgan fingerprint density at radius 2 is 1.84 bits per heavy atom. The van der Waals surface area contributed by atoms with Crippen LogP contribution in [0.5, 0.6) is 0 Å². The number of amides is 1. The number of halogens is 1. The van der Waals surface area contributed by atoms with Gasteiger partial charge in [-0.05, 0) is 44.2 Å². The maximum absolute atomic E-state index is 12.6. The molecule has 3 aliphatic rings. The van der Waals surface area contributed by atoms with Gasteiger partial charge in [-0.3, -0.25) is 9.79 Å². The zero-order valence-electron chi connectivity index (χ0n) is 18.5. The van der Waals surface area contributed by atoms with Crippen molar-refractivity contribution in [1.82, 2.24) is 15.1 Å². The fraction of sp³-hybridized carbons (Fsp3) is 0.652. The lowest BCUT2D eigenvalue weighted by Crippen LogP contribution is -2.55. The van der Waals surface area contributed by atoms with Crippen molar-refractivity contribution in [1.29, 1.82) is 0 Å². The van der Waals surface area contributed by atoms with Crippen molar-refractivity contribution in [3.63, 3.8) is 0 Å². The lowest BCUT2D eigenvalue weighted by molar-refractivity contribution is -0.142. The zero-order valence-corrected chi connectivity index (χ0v) is 20.9. The number of carbonyl (C=O) groups is 1. The van der Waals surface area contributed by atoms with Crippen molar-refractivity contribution >= 4 is 41.5 Å². The van der Waals surface area contributed by atoms with Crippen LogP contribution in [0.15, 0.2) is 35.3 Å². The SMILES string of the molecule is CCNC(=NCC1CCN(c2ccccc2)C1)N1CCN(C(=O)C2CCCO2)CC1.I. The first-order valence-electron chi connectivity index (χ1n) is 11.5. The number of ether oxygens (including phenoxy) is 1. The summed E-state index contributed by atoms with van der Waals surface area (Å²) in [7, 11) is 0. The average Bonchev–Trinajstić information content (AvgIpc) is 3.49. The Labute approximate surface area is 203 Å². The molecule has 2 atom stereocenters. The minimum Gasteiger partial charge on any atom is -0.371 e. The van der Waals surface area contributed by atoms with Crippen molar-refractivity contribution in [3.05, 3.63) is 30.3 Å². The molecule has 3 fully saturated rings. The summed E-state index contributed by atoms with van der Waals surface area (Å²) in [6.45, 7) is 9.84. The molecule has 31 heavy (non-hydrogen) atoms.